The SMILES string of the molecule is COc1ccc(C(=O)NC2CCN(c3ccccc3C(=O)N(C)C3CCCCC3)CC2)c(OC)c1. The quantitative estimate of drug-likeness (QED) is 0.633. The summed E-state index contributed by atoms with van der Waals surface area (Å²) in [6, 6.07) is 13.5. The Labute approximate surface area is 208 Å². The molecule has 2 aromatic rings. The number of carbonyl (C=O) groups excluding carboxylic acids is 2. The number of hydrogen-bond acceptors (Lipinski definition) is 5. The second-order valence-electron chi connectivity index (χ2n) is 9.53. The minimum atomic E-state index is -0.146. The fraction of sp³-hybridized carbons (Fsp3) is 0.500. The van der Waals surface area contributed by atoms with Crippen LogP contribution in [-0.2, 0) is 0 Å². The summed E-state index contributed by atoms with van der Waals surface area (Å²) in [6.45, 7) is 1.56. The maximum absolute atomic E-state index is 13.4. The highest BCUT2D eigenvalue weighted by atomic mass is 16.5. The Balaban J connectivity index is 1.39. The molecule has 2 aliphatic rings. The van der Waals surface area contributed by atoms with Crippen molar-refractivity contribution in [2.24, 2.45) is 0 Å². The smallest absolute Gasteiger partial charge is 0.255 e. The number of ether oxygens (including phenoxy) is 2. The highest BCUT2D eigenvalue weighted by Crippen LogP contribution is 2.29. The van der Waals surface area contributed by atoms with Gasteiger partial charge in [0.2, 0.25) is 0 Å². The third kappa shape index (κ3) is 5.72. The van der Waals surface area contributed by atoms with Crippen molar-refractivity contribution in [3.8, 4) is 11.5 Å². The van der Waals surface area contributed by atoms with E-state index in [0.29, 0.717) is 23.1 Å². The second kappa shape index (κ2) is 11.5. The molecule has 1 heterocycles. The van der Waals surface area contributed by atoms with Crippen LogP contribution in [0.4, 0.5) is 5.69 Å². The van der Waals surface area contributed by atoms with Gasteiger partial charge in [0.1, 0.15) is 11.5 Å². The summed E-state index contributed by atoms with van der Waals surface area (Å²) in [6.07, 6.45) is 7.47. The average molecular weight is 480 g/mol. The Kier molecular flexibility index (Phi) is 8.16. The van der Waals surface area contributed by atoms with Crippen LogP contribution in [-0.4, -0.2) is 63.2 Å². The number of amides is 2. The monoisotopic (exact) mass is 479 g/mol. The fourth-order valence-electron chi connectivity index (χ4n) is 5.27. The highest BCUT2D eigenvalue weighted by molar-refractivity contribution is 6.00. The zero-order valence-corrected chi connectivity index (χ0v) is 21.1. The summed E-state index contributed by atoms with van der Waals surface area (Å²) in [7, 11) is 5.08. The second-order valence-corrected chi connectivity index (χ2v) is 9.53. The van der Waals surface area contributed by atoms with Gasteiger partial charge < -0.3 is 24.6 Å². The molecule has 1 aliphatic heterocycles. The Morgan fingerprint density at radius 1 is 0.914 bits per heavy atom. The van der Waals surface area contributed by atoms with Crippen LogP contribution < -0.4 is 19.7 Å². The molecule has 1 saturated carbocycles. The van der Waals surface area contributed by atoms with Gasteiger partial charge in [-0.05, 0) is 49.9 Å². The van der Waals surface area contributed by atoms with Crippen molar-refractivity contribution in [3.63, 3.8) is 0 Å². The number of piperidine rings is 1. The molecule has 1 saturated heterocycles. The Morgan fingerprint density at radius 3 is 2.31 bits per heavy atom. The predicted molar refractivity (Wildman–Crippen MR) is 138 cm³/mol. The molecule has 7 heteroatoms. The van der Waals surface area contributed by atoms with Crippen molar-refractivity contribution in [2.75, 3.05) is 39.3 Å². The summed E-state index contributed by atoms with van der Waals surface area (Å²) in [4.78, 5) is 30.5. The number of carbonyl (C=O) groups is 2. The number of benzene rings is 2. The molecule has 0 radical (unpaired) electrons. The lowest BCUT2D eigenvalue weighted by Crippen LogP contribution is -2.45. The Hall–Kier alpha value is -3.22. The normalized spacial score (nSPS) is 17.1. The molecular formula is C28H37N3O4. The first-order valence-electron chi connectivity index (χ1n) is 12.7. The summed E-state index contributed by atoms with van der Waals surface area (Å²) in [5, 5.41) is 3.16. The van der Waals surface area contributed by atoms with Gasteiger partial charge in [-0.15, -0.1) is 0 Å². The lowest BCUT2D eigenvalue weighted by Gasteiger charge is -2.36. The van der Waals surface area contributed by atoms with Gasteiger partial charge in [-0.1, -0.05) is 31.4 Å². The average Bonchev–Trinajstić information content (AvgIpc) is 2.92. The Morgan fingerprint density at radius 2 is 1.63 bits per heavy atom. The maximum atomic E-state index is 13.4. The molecule has 35 heavy (non-hydrogen) atoms. The van der Waals surface area contributed by atoms with Crippen LogP contribution >= 0.6 is 0 Å². The summed E-state index contributed by atoms with van der Waals surface area (Å²) >= 11 is 0. The first-order chi connectivity index (χ1) is 17.0. The number of hydrogen-bond donors (Lipinski definition) is 1. The number of para-hydroxylation sites is 1. The largest absolute Gasteiger partial charge is 0.497 e. The molecule has 0 unspecified atom stereocenters. The minimum absolute atomic E-state index is 0.0679. The van der Waals surface area contributed by atoms with E-state index in [2.05, 4.69) is 10.2 Å². The van der Waals surface area contributed by atoms with Gasteiger partial charge in [0.05, 0.1) is 25.3 Å². The van der Waals surface area contributed by atoms with Crippen LogP contribution in [0.1, 0.15) is 65.7 Å². The van der Waals surface area contributed by atoms with Crippen molar-refractivity contribution >= 4 is 17.5 Å². The zero-order chi connectivity index (χ0) is 24.8. The van der Waals surface area contributed by atoms with Crippen molar-refractivity contribution in [2.45, 2.75) is 57.0 Å². The molecule has 1 N–H and O–H groups in total. The van der Waals surface area contributed by atoms with Crippen LogP contribution in [0.25, 0.3) is 0 Å². The lowest BCUT2D eigenvalue weighted by molar-refractivity contribution is 0.0696. The van der Waals surface area contributed by atoms with E-state index >= 15 is 0 Å². The van der Waals surface area contributed by atoms with E-state index in [1.54, 1.807) is 32.4 Å². The first kappa shape index (κ1) is 24.9. The predicted octanol–water partition coefficient (Wildman–Crippen LogP) is 4.51. The standard InChI is InChI=1S/C28H37N3O4/c1-30(21-9-5-4-6-10-21)28(33)23-11-7-8-12-25(23)31-17-15-20(16-18-31)29-27(32)24-14-13-22(34-2)19-26(24)35-3/h7-8,11-14,19-21H,4-6,9-10,15-18H2,1-3H3,(H,29,32). The number of anilines is 1. The van der Waals surface area contributed by atoms with Crippen LogP contribution in [0.5, 0.6) is 11.5 Å². The van der Waals surface area contributed by atoms with E-state index in [0.717, 1.165) is 50.0 Å². The van der Waals surface area contributed by atoms with Gasteiger partial charge in [-0.3, -0.25) is 9.59 Å². The summed E-state index contributed by atoms with van der Waals surface area (Å²) in [5.41, 5.74) is 2.25. The van der Waals surface area contributed by atoms with Crippen LogP contribution in [0.3, 0.4) is 0 Å². The molecule has 1 aliphatic carbocycles. The van der Waals surface area contributed by atoms with Crippen LogP contribution in [0, 0.1) is 0 Å². The minimum Gasteiger partial charge on any atom is -0.497 e. The maximum Gasteiger partial charge on any atom is 0.255 e. The third-order valence-corrected chi connectivity index (χ3v) is 7.40. The van der Waals surface area contributed by atoms with E-state index in [1.165, 1.54) is 19.3 Å². The van der Waals surface area contributed by atoms with Crippen molar-refractivity contribution < 1.29 is 19.1 Å². The molecule has 0 atom stereocenters. The third-order valence-electron chi connectivity index (χ3n) is 7.40. The highest BCUT2D eigenvalue weighted by Gasteiger charge is 2.28. The zero-order valence-electron chi connectivity index (χ0n) is 21.1. The Bertz CT molecular complexity index is 1030. The van der Waals surface area contributed by atoms with Gasteiger partial charge in [-0.2, -0.15) is 0 Å². The van der Waals surface area contributed by atoms with Gasteiger partial charge in [0.15, 0.2) is 0 Å². The van der Waals surface area contributed by atoms with Crippen LogP contribution in [0.15, 0.2) is 42.5 Å². The van der Waals surface area contributed by atoms with E-state index in [1.807, 2.05) is 36.2 Å². The summed E-state index contributed by atoms with van der Waals surface area (Å²) in [5.74, 6) is 1.10. The van der Waals surface area contributed by atoms with Gasteiger partial charge in [0.25, 0.3) is 11.8 Å². The van der Waals surface area contributed by atoms with Crippen molar-refractivity contribution in [3.05, 3.63) is 53.6 Å². The number of rotatable bonds is 7. The lowest BCUT2D eigenvalue weighted by atomic mass is 9.94. The molecule has 2 amide bonds. The molecule has 2 fully saturated rings. The van der Waals surface area contributed by atoms with Gasteiger partial charge >= 0.3 is 0 Å². The molecule has 0 spiro atoms. The van der Waals surface area contributed by atoms with E-state index in [9.17, 15) is 9.59 Å². The number of methoxy groups -OCH3 is 2. The van der Waals surface area contributed by atoms with Crippen LogP contribution in [0.2, 0.25) is 0 Å². The molecule has 2 aromatic carbocycles. The van der Waals surface area contributed by atoms with Crippen molar-refractivity contribution in [1.29, 1.82) is 0 Å². The molecule has 7 nitrogen and oxygen atoms in total. The summed E-state index contributed by atoms with van der Waals surface area (Å²) < 4.78 is 10.6. The van der Waals surface area contributed by atoms with E-state index < -0.39 is 0 Å². The first-order valence-corrected chi connectivity index (χ1v) is 12.7. The van der Waals surface area contributed by atoms with E-state index in [-0.39, 0.29) is 17.9 Å². The molecule has 0 aromatic heterocycles. The molecule has 4 rings (SSSR count). The molecule has 0 bridgehead atoms. The molecular weight excluding hydrogens is 442 g/mol. The van der Waals surface area contributed by atoms with Crippen molar-refractivity contribution in [1.82, 2.24) is 10.2 Å². The molecule has 188 valence electrons. The number of nitrogens with zero attached hydrogens (tertiary/aromatic N) is 2. The van der Waals surface area contributed by atoms with E-state index in [4.69, 9.17) is 9.47 Å². The van der Waals surface area contributed by atoms with Gasteiger partial charge in [-0.25, -0.2) is 0 Å². The topological polar surface area (TPSA) is 71.1 Å². The fourth-order valence-corrected chi connectivity index (χ4v) is 5.27. The number of nitrogens with one attached hydrogen (secondary N) is 1. The van der Waals surface area contributed by atoms with Gasteiger partial charge in [0, 0.05) is 44.0 Å².